The number of hydrogen-bond donors (Lipinski definition) is 1. The molecule has 1 N–H and O–H groups in total. The average molecular weight is 247 g/mol. The number of rotatable bonds is 2. The lowest BCUT2D eigenvalue weighted by Crippen LogP contribution is -2.19. The molecule has 0 amide bonds. The predicted molar refractivity (Wildman–Crippen MR) is 67.2 cm³/mol. The highest BCUT2D eigenvalue weighted by atomic mass is 32.2. The lowest BCUT2D eigenvalue weighted by atomic mass is 10.3. The van der Waals surface area contributed by atoms with Crippen LogP contribution in [0.1, 0.15) is 6.42 Å². The Balaban J connectivity index is 1.97. The van der Waals surface area contributed by atoms with Crippen molar-refractivity contribution in [2.45, 2.75) is 16.7 Å². The topological polar surface area (TPSA) is 54.9 Å². The highest BCUT2D eigenvalue weighted by molar-refractivity contribution is 7.85. The second-order valence-corrected chi connectivity index (χ2v) is 5.79. The standard InChI is InChI=1S/C12H13N3OS/c16-17(9-5-6-13-7-9)12-8-14-10-3-1-2-4-11(10)15-12/h1-4,8-9,13H,5-7H2/t9-,17-/m0/s1. The summed E-state index contributed by atoms with van der Waals surface area (Å²) >= 11 is 0. The summed E-state index contributed by atoms with van der Waals surface area (Å²) in [5.74, 6) is 0. The van der Waals surface area contributed by atoms with E-state index in [1.165, 1.54) is 0 Å². The number of benzene rings is 1. The van der Waals surface area contributed by atoms with Crippen molar-refractivity contribution in [2.75, 3.05) is 13.1 Å². The maximum Gasteiger partial charge on any atom is 0.146 e. The van der Waals surface area contributed by atoms with Crippen molar-refractivity contribution in [3.63, 3.8) is 0 Å². The highest BCUT2D eigenvalue weighted by Gasteiger charge is 2.23. The predicted octanol–water partition coefficient (Wildman–Crippen LogP) is 1.10. The summed E-state index contributed by atoms with van der Waals surface area (Å²) < 4.78 is 12.3. The number of hydrogen-bond acceptors (Lipinski definition) is 4. The highest BCUT2D eigenvalue weighted by Crippen LogP contribution is 2.16. The largest absolute Gasteiger partial charge is 0.315 e. The van der Waals surface area contributed by atoms with Crippen LogP contribution < -0.4 is 5.32 Å². The van der Waals surface area contributed by atoms with Gasteiger partial charge in [-0.3, -0.25) is 9.19 Å². The van der Waals surface area contributed by atoms with E-state index >= 15 is 0 Å². The third kappa shape index (κ3) is 2.08. The molecule has 0 saturated carbocycles. The van der Waals surface area contributed by atoms with Crippen LogP contribution in [0.25, 0.3) is 11.0 Å². The zero-order valence-electron chi connectivity index (χ0n) is 9.30. The van der Waals surface area contributed by atoms with E-state index in [2.05, 4.69) is 15.3 Å². The van der Waals surface area contributed by atoms with E-state index in [-0.39, 0.29) is 5.25 Å². The lowest BCUT2D eigenvalue weighted by molar-refractivity contribution is 0.669. The number of aromatic nitrogens is 2. The minimum absolute atomic E-state index is 0.172. The van der Waals surface area contributed by atoms with Crippen molar-refractivity contribution < 1.29 is 4.21 Å². The second-order valence-electron chi connectivity index (χ2n) is 4.11. The van der Waals surface area contributed by atoms with Gasteiger partial charge >= 0.3 is 0 Å². The monoisotopic (exact) mass is 247 g/mol. The van der Waals surface area contributed by atoms with Crippen molar-refractivity contribution in [3.05, 3.63) is 30.5 Å². The van der Waals surface area contributed by atoms with Gasteiger partial charge in [0.15, 0.2) is 0 Å². The van der Waals surface area contributed by atoms with Crippen LogP contribution in [0, 0.1) is 0 Å². The van der Waals surface area contributed by atoms with E-state index in [1.54, 1.807) is 6.20 Å². The van der Waals surface area contributed by atoms with Gasteiger partial charge in [0.05, 0.1) is 33.3 Å². The van der Waals surface area contributed by atoms with Gasteiger partial charge in [-0.1, -0.05) is 12.1 Å². The van der Waals surface area contributed by atoms with Crippen molar-refractivity contribution in [1.82, 2.24) is 15.3 Å². The molecule has 1 aliphatic heterocycles. The maximum absolute atomic E-state index is 12.3. The van der Waals surface area contributed by atoms with Gasteiger partial charge in [0.2, 0.25) is 0 Å². The van der Waals surface area contributed by atoms with E-state index in [1.807, 2.05) is 24.3 Å². The Morgan fingerprint density at radius 1 is 1.29 bits per heavy atom. The summed E-state index contributed by atoms with van der Waals surface area (Å²) in [6.45, 7) is 1.75. The van der Waals surface area contributed by atoms with Gasteiger partial charge in [0.1, 0.15) is 5.03 Å². The van der Waals surface area contributed by atoms with Gasteiger partial charge in [-0.25, -0.2) is 4.98 Å². The molecular weight excluding hydrogens is 234 g/mol. The molecule has 0 bridgehead atoms. The van der Waals surface area contributed by atoms with Crippen LogP contribution in [0.4, 0.5) is 0 Å². The first kappa shape index (κ1) is 10.8. The third-order valence-electron chi connectivity index (χ3n) is 2.95. The summed E-state index contributed by atoms with van der Waals surface area (Å²) in [7, 11) is -1.05. The quantitative estimate of drug-likeness (QED) is 0.863. The Bertz CT molecular complexity index is 566. The lowest BCUT2D eigenvalue weighted by Gasteiger charge is -2.07. The molecule has 3 rings (SSSR count). The molecular formula is C12H13N3OS. The van der Waals surface area contributed by atoms with E-state index in [4.69, 9.17) is 0 Å². The molecule has 2 atom stereocenters. The molecule has 1 saturated heterocycles. The summed E-state index contributed by atoms with van der Waals surface area (Å²) in [6, 6.07) is 7.65. The van der Waals surface area contributed by atoms with E-state index in [9.17, 15) is 4.21 Å². The number of nitrogens with one attached hydrogen (secondary N) is 1. The zero-order valence-corrected chi connectivity index (χ0v) is 10.1. The first-order valence-corrected chi connectivity index (χ1v) is 6.89. The molecule has 1 fully saturated rings. The molecule has 1 aromatic carbocycles. The molecule has 0 unspecified atom stereocenters. The number of nitrogens with zero attached hydrogens (tertiary/aromatic N) is 2. The van der Waals surface area contributed by atoms with Crippen LogP contribution in [-0.4, -0.2) is 32.5 Å². The van der Waals surface area contributed by atoms with Crippen LogP contribution in [0.2, 0.25) is 0 Å². The third-order valence-corrected chi connectivity index (χ3v) is 4.57. The maximum atomic E-state index is 12.3. The Hall–Kier alpha value is -1.33. The van der Waals surface area contributed by atoms with Crippen molar-refractivity contribution in [1.29, 1.82) is 0 Å². The molecule has 5 heteroatoms. The molecule has 1 aromatic heterocycles. The van der Waals surface area contributed by atoms with E-state index in [0.29, 0.717) is 5.03 Å². The molecule has 2 aromatic rings. The minimum Gasteiger partial charge on any atom is -0.315 e. The Morgan fingerprint density at radius 2 is 2.12 bits per heavy atom. The molecule has 88 valence electrons. The van der Waals surface area contributed by atoms with Gasteiger partial charge in [-0.15, -0.1) is 0 Å². The molecule has 0 radical (unpaired) electrons. The average Bonchev–Trinajstić information content (AvgIpc) is 2.91. The van der Waals surface area contributed by atoms with Gasteiger partial charge in [0.25, 0.3) is 0 Å². The fourth-order valence-corrected chi connectivity index (χ4v) is 3.31. The summed E-state index contributed by atoms with van der Waals surface area (Å²) in [5, 5.41) is 3.99. The first-order valence-electron chi connectivity index (χ1n) is 5.68. The van der Waals surface area contributed by atoms with Crippen molar-refractivity contribution >= 4 is 21.8 Å². The van der Waals surface area contributed by atoms with Crippen LogP contribution in [0.3, 0.4) is 0 Å². The molecule has 1 aliphatic rings. The smallest absolute Gasteiger partial charge is 0.146 e. The van der Waals surface area contributed by atoms with E-state index in [0.717, 1.165) is 30.5 Å². The summed E-state index contributed by atoms with van der Waals surface area (Å²) in [5.41, 5.74) is 1.65. The minimum atomic E-state index is -1.05. The fraction of sp³-hybridized carbons (Fsp3) is 0.333. The molecule has 2 heterocycles. The fourth-order valence-electron chi connectivity index (χ4n) is 2.02. The second kappa shape index (κ2) is 4.50. The first-order chi connectivity index (χ1) is 8.34. The van der Waals surface area contributed by atoms with E-state index < -0.39 is 10.8 Å². The zero-order chi connectivity index (χ0) is 11.7. The molecule has 0 spiro atoms. The van der Waals surface area contributed by atoms with Crippen LogP contribution in [0.15, 0.2) is 35.5 Å². The van der Waals surface area contributed by atoms with Crippen LogP contribution >= 0.6 is 0 Å². The van der Waals surface area contributed by atoms with Crippen LogP contribution in [-0.2, 0) is 10.8 Å². The normalized spacial score (nSPS) is 21.8. The number of para-hydroxylation sites is 2. The van der Waals surface area contributed by atoms with Gasteiger partial charge in [-0.2, -0.15) is 0 Å². The molecule has 0 aliphatic carbocycles. The Labute approximate surface area is 102 Å². The van der Waals surface area contributed by atoms with Gasteiger partial charge in [-0.05, 0) is 25.1 Å². The SMILES string of the molecule is O=[S@](c1cnc2ccccc2n1)[C@H]1CCNC1. The molecule has 17 heavy (non-hydrogen) atoms. The van der Waals surface area contributed by atoms with Gasteiger partial charge in [0, 0.05) is 6.54 Å². The van der Waals surface area contributed by atoms with Crippen LogP contribution in [0.5, 0.6) is 0 Å². The van der Waals surface area contributed by atoms with Crippen molar-refractivity contribution in [3.8, 4) is 0 Å². The Kier molecular flexibility index (Phi) is 2.86. The number of fused-ring (bicyclic) bond motifs is 1. The van der Waals surface area contributed by atoms with Crippen molar-refractivity contribution in [2.24, 2.45) is 0 Å². The van der Waals surface area contributed by atoms with Gasteiger partial charge < -0.3 is 5.32 Å². The Morgan fingerprint density at radius 3 is 2.88 bits per heavy atom. The molecule has 4 nitrogen and oxygen atoms in total. The summed E-state index contributed by atoms with van der Waals surface area (Å²) in [4.78, 5) is 8.73. The summed E-state index contributed by atoms with van der Waals surface area (Å²) in [6.07, 6.45) is 2.58.